The Bertz CT molecular complexity index is 1080. The van der Waals surface area contributed by atoms with E-state index in [4.69, 9.17) is 4.52 Å². The second-order valence-electron chi connectivity index (χ2n) is 8.82. The summed E-state index contributed by atoms with van der Waals surface area (Å²) in [6.07, 6.45) is 8.29. The number of halogens is 1. The third-order valence-corrected chi connectivity index (χ3v) is 6.98. The Hall–Kier alpha value is -2.85. The second-order valence-corrected chi connectivity index (χ2v) is 8.82. The molecule has 3 aromatic heterocycles. The molecule has 1 saturated heterocycles. The number of fused-ring (bicyclic) bond motifs is 2. The number of hydrazine groups is 1. The average Bonchev–Trinajstić information content (AvgIpc) is 3.52. The molecule has 0 spiro atoms. The van der Waals surface area contributed by atoms with E-state index in [2.05, 4.69) is 42.0 Å². The Morgan fingerprint density at radius 3 is 3.00 bits per heavy atom. The van der Waals surface area contributed by atoms with Crippen molar-refractivity contribution in [1.82, 2.24) is 35.8 Å². The molecule has 5 heterocycles. The van der Waals surface area contributed by atoms with E-state index < -0.39 is 6.17 Å². The van der Waals surface area contributed by atoms with Crippen molar-refractivity contribution in [3.8, 4) is 0 Å². The van der Waals surface area contributed by atoms with Gasteiger partial charge in [-0.1, -0.05) is 5.16 Å². The normalized spacial score (nSPS) is 30.3. The molecule has 0 aromatic carbocycles. The van der Waals surface area contributed by atoms with E-state index in [9.17, 15) is 4.39 Å². The van der Waals surface area contributed by atoms with Crippen LogP contribution in [0.25, 0.3) is 0 Å². The second kappa shape index (κ2) is 7.38. The summed E-state index contributed by atoms with van der Waals surface area (Å²) in [5, 5.41) is 8.15. The molecule has 0 bridgehead atoms. The standard InChI is InChI=1S/C21H25FN8O/c1-29-9-12(7-25-29)14-4-15-17(5-16(14)22)27-28-21(15)18-6-20(24-11-23-18)30-3-2-19-13(10-30)8-26-31-19/h6-9,11,14-17,21,27-28H,2-5,10H2,1H3. The molecule has 162 valence electrons. The van der Waals surface area contributed by atoms with E-state index >= 15 is 0 Å². The predicted molar refractivity (Wildman–Crippen MR) is 110 cm³/mol. The molecule has 2 N–H and O–H groups in total. The Morgan fingerprint density at radius 1 is 1.19 bits per heavy atom. The van der Waals surface area contributed by atoms with Crippen molar-refractivity contribution < 1.29 is 8.91 Å². The van der Waals surface area contributed by atoms with E-state index in [1.54, 1.807) is 23.4 Å². The van der Waals surface area contributed by atoms with Crippen LogP contribution < -0.4 is 15.8 Å². The van der Waals surface area contributed by atoms with Crippen LogP contribution in [0.5, 0.6) is 0 Å². The molecule has 0 radical (unpaired) electrons. The molecule has 9 nitrogen and oxygen atoms in total. The molecule has 0 amide bonds. The van der Waals surface area contributed by atoms with Crippen molar-refractivity contribution in [2.24, 2.45) is 13.0 Å². The summed E-state index contributed by atoms with van der Waals surface area (Å²) < 4.78 is 22.0. The minimum atomic E-state index is -0.884. The first kappa shape index (κ1) is 18.9. The maximum Gasteiger partial charge on any atom is 0.143 e. The summed E-state index contributed by atoms with van der Waals surface area (Å²) in [7, 11) is 1.87. The fourth-order valence-corrected chi connectivity index (χ4v) is 5.34. The van der Waals surface area contributed by atoms with Crippen LogP contribution in [-0.4, -0.2) is 43.7 Å². The van der Waals surface area contributed by atoms with Gasteiger partial charge >= 0.3 is 0 Å². The van der Waals surface area contributed by atoms with Crippen molar-refractivity contribution >= 4 is 5.82 Å². The van der Waals surface area contributed by atoms with Gasteiger partial charge in [0.15, 0.2) is 0 Å². The van der Waals surface area contributed by atoms with Gasteiger partial charge in [-0.15, -0.1) is 0 Å². The summed E-state index contributed by atoms with van der Waals surface area (Å²) in [4.78, 5) is 11.3. The van der Waals surface area contributed by atoms with Crippen LogP contribution in [0.15, 0.2) is 35.5 Å². The Kier molecular flexibility index (Phi) is 4.50. The number of alkyl halides is 1. The topological polar surface area (TPSA) is 96.9 Å². The molecule has 5 unspecified atom stereocenters. The molecule has 6 rings (SSSR count). The van der Waals surface area contributed by atoms with Gasteiger partial charge in [0.25, 0.3) is 0 Å². The summed E-state index contributed by atoms with van der Waals surface area (Å²) in [5.74, 6) is 1.95. The lowest BCUT2D eigenvalue weighted by molar-refractivity contribution is 0.153. The zero-order valence-electron chi connectivity index (χ0n) is 17.3. The highest BCUT2D eigenvalue weighted by Gasteiger charge is 2.46. The quantitative estimate of drug-likeness (QED) is 0.657. The van der Waals surface area contributed by atoms with Crippen LogP contribution in [0, 0.1) is 5.92 Å². The van der Waals surface area contributed by atoms with Crippen LogP contribution in [0.3, 0.4) is 0 Å². The Morgan fingerprint density at radius 2 is 2.13 bits per heavy atom. The first-order chi connectivity index (χ1) is 15.2. The lowest BCUT2D eigenvalue weighted by atomic mass is 9.72. The zero-order chi connectivity index (χ0) is 20.9. The van der Waals surface area contributed by atoms with Crippen LogP contribution in [0.2, 0.25) is 0 Å². The molecular weight excluding hydrogens is 399 g/mol. The van der Waals surface area contributed by atoms with Gasteiger partial charge in [-0.25, -0.2) is 19.8 Å². The molecular formula is C21H25FN8O. The molecule has 1 aliphatic carbocycles. The van der Waals surface area contributed by atoms with Crippen LogP contribution >= 0.6 is 0 Å². The van der Waals surface area contributed by atoms with Gasteiger partial charge in [-0.2, -0.15) is 5.10 Å². The van der Waals surface area contributed by atoms with Gasteiger partial charge in [0.2, 0.25) is 0 Å². The number of aromatic nitrogens is 5. The van der Waals surface area contributed by atoms with Gasteiger partial charge in [0.1, 0.15) is 24.1 Å². The van der Waals surface area contributed by atoms with E-state index in [0.717, 1.165) is 54.3 Å². The molecule has 3 aliphatic rings. The highest BCUT2D eigenvalue weighted by Crippen LogP contribution is 2.45. The van der Waals surface area contributed by atoms with Crippen LogP contribution in [-0.2, 0) is 20.0 Å². The SMILES string of the molecule is Cn1cc(C2CC3C(CC2F)NNC3c2cc(N3CCc4oncc4C3)ncn2)cn1. The third-order valence-electron chi connectivity index (χ3n) is 6.98. The Labute approximate surface area is 179 Å². The highest BCUT2D eigenvalue weighted by molar-refractivity contribution is 5.43. The van der Waals surface area contributed by atoms with Gasteiger partial charge in [-0.05, 0) is 24.3 Å². The lowest BCUT2D eigenvalue weighted by Gasteiger charge is -2.35. The zero-order valence-corrected chi connectivity index (χ0v) is 17.3. The average molecular weight is 424 g/mol. The first-order valence-electron chi connectivity index (χ1n) is 10.8. The summed E-state index contributed by atoms with van der Waals surface area (Å²) in [6.45, 7) is 1.55. The van der Waals surface area contributed by atoms with E-state index in [1.165, 1.54) is 0 Å². The first-order valence-corrected chi connectivity index (χ1v) is 10.8. The molecule has 2 aliphatic heterocycles. The largest absolute Gasteiger partial charge is 0.361 e. The fraction of sp³-hybridized carbons (Fsp3) is 0.524. The monoisotopic (exact) mass is 424 g/mol. The molecule has 5 atom stereocenters. The number of nitrogens with zero attached hydrogens (tertiary/aromatic N) is 6. The smallest absolute Gasteiger partial charge is 0.143 e. The van der Waals surface area contributed by atoms with E-state index in [0.29, 0.717) is 6.42 Å². The Balaban J connectivity index is 1.24. The van der Waals surface area contributed by atoms with Gasteiger partial charge in [0.05, 0.1) is 24.1 Å². The van der Waals surface area contributed by atoms with Crippen molar-refractivity contribution in [3.05, 3.63) is 53.6 Å². The van der Waals surface area contributed by atoms with Crippen LogP contribution in [0.1, 0.15) is 47.4 Å². The van der Waals surface area contributed by atoms with E-state index in [1.807, 2.05) is 13.2 Å². The molecule has 2 fully saturated rings. The van der Waals surface area contributed by atoms with Crippen molar-refractivity contribution in [3.63, 3.8) is 0 Å². The molecule has 31 heavy (non-hydrogen) atoms. The molecule has 1 saturated carbocycles. The molecule has 10 heteroatoms. The van der Waals surface area contributed by atoms with Gasteiger partial charge in [0, 0.05) is 56.3 Å². The maximum absolute atomic E-state index is 15.0. The van der Waals surface area contributed by atoms with Gasteiger partial charge in [-0.3, -0.25) is 10.1 Å². The number of nitrogens with one attached hydrogen (secondary N) is 2. The lowest BCUT2D eigenvalue weighted by Crippen LogP contribution is -2.39. The van der Waals surface area contributed by atoms with Crippen LogP contribution in [0.4, 0.5) is 10.2 Å². The minimum absolute atomic E-state index is 0.00867. The molecule has 3 aromatic rings. The van der Waals surface area contributed by atoms with Gasteiger partial charge < -0.3 is 9.42 Å². The minimum Gasteiger partial charge on any atom is -0.361 e. The highest BCUT2D eigenvalue weighted by atomic mass is 19.1. The number of hydrogen-bond donors (Lipinski definition) is 2. The van der Waals surface area contributed by atoms with Crippen molar-refractivity contribution in [2.45, 2.75) is 50.0 Å². The van der Waals surface area contributed by atoms with E-state index in [-0.39, 0.29) is 23.9 Å². The number of hydrogen-bond acceptors (Lipinski definition) is 8. The predicted octanol–water partition coefficient (Wildman–Crippen LogP) is 1.81. The number of aryl methyl sites for hydroxylation is 1. The maximum atomic E-state index is 15.0. The summed E-state index contributed by atoms with van der Waals surface area (Å²) in [6, 6.07) is 2.15. The summed E-state index contributed by atoms with van der Waals surface area (Å²) >= 11 is 0. The number of rotatable bonds is 3. The fourth-order valence-electron chi connectivity index (χ4n) is 5.34. The van der Waals surface area contributed by atoms with Crippen molar-refractivity contribution in [1.29, 1.82) is 0 Å². The summed E-state index contributed by atoms with van der Waals surface area (Å²) in [5.41, 5.74) is 9.71. The number of anilines is 1. The van der Waals surface area contributed by atoms with Crippen molar-refractivity contribution in [2.75, 3.05) is 11.4 Å². The third kappa shape index (κ3) is 3.30.